The van der Waals surface area contributed by atoms with Crippen molar-refractivity contribution in [3.05, 3.63) is 34.4 Å². The third-order valence-corrected chi connectivity index (χ3v) is 6.06. The second-order valence-corrected chi connectivity index (χ2v) is 7.47. The van der Waals surface area contributed by atoms with Crippen molar-refractivity contribution in [2.75, 3.05) is 14.2 Å². The number of Topliss-reactive ketones (excluding diaryl/α,β-unsaturated/α-hetero) is 1. The van der Waals surface area contributed by atoms with Gasteiger partial charge in [-0.2, -0.15) is 0 Å². The second kappa shape index (κ2) is 5.99. The standard InChI is InChI=1S/C20H27NO3/c1-12-10-13(2)16(14(3)11-12)17-18(22)20(21(4)19(17)23)8-6-15(24-5)7-9-20/h10-11,15,17H,6-9H2,1-5H3. The lowest BCUT2D eigenvalue weighted by Crippen LogP contribution is -2.51. The van der Waals surface area contributed by atoms with E-state index in [1.807, 2.05) is 20.8 Å². The summed E-state index contributed by atoms with van der Waals surface area (Å²) in [5.74, 6) is -0.611. The second-order valence-electron chi connectivity index (χ2n) is 7.47. The Morgan fingerprint density at radius 3 is 2.12 bits per heavy atom. The lowest BCUT2D eigenvalue weighted by atomic mass is 9.74. The molecule has 0 bridgehead atoms. The highest BCUT2D eigenvalue weighted by Crippen LogP contribution is 2.46. The Morgan fingerprint density at radius 2 is 1.62 bits per heavy atom. The van der Waals surface area contributed by atoms with Gasteiger partial charge in [0, 0.05) is 14.2 Å². The molecule has 1 aromatic carbocycles. The molecule has 1 amide bonds. The number of likely N-dealkylation sites (tertiary alicyclic amines) is 1. The quantitative estimate of drug-likeness (QED) is 0.784. The Balaban J connectivity index is 2.01. The molecule has 1 atom stereocenters. The van der Waals surface area contributed by atoms with Gasteiger partial charge in [0.05, 0.1) is 6.10 Å². The highest BCUT2D eigenvalue weighted by atomic mass is 16.5. The van der Waals surface area contributed by atoms with Gasteiger partial charge in [-0.05, 0) is 63.1 Å². The van der Waals surface area contributed by atoms with Crippen LogP contribution in [0.5, 0.6) is 0 Å². The number of rotatable bonds is 2. The van der Waals surface area contributed by atoms with Gasteiger partial charge >= 0.3 is 0 Å². The monoisotopic (exact) mass is 329 g/mol. The fraction of sp³-hybridized carbons (Fsp3) is 0.600. The lowest BCUT2D eigenvalue weighted by molar-refractivity contribution is -0.134. The number of amides is 1. The fourth-order valence-electron chi connectivity index (χ4n) is 4.74. The molecule has 130 valence electrons. The number of carbonyl (C=O) groups is 2. The van der Waals surface area contributed by atoms with Crippen molar-refractivity contribution in [1.82, 2.24) is 4.90 Å². The number of carbonyl (C=O) groups excluding carboxylic acids is 2. The van der Waals surface area contributed by atoms with Gasteiger partial charge in [0.1, 0.15) is 11.5 Å². The van der Waals surface area contributed by atoms with E-state index in [0.29, 0.717) is 12.8 Å². The minimum absolute atomic E-state index is 0.0501. The average molecular weight is 329 g/mol. The number of ether oxygens (including phenoxy) is 1. The van der Waals surface area contributed by atoms with Gasteiger partial charge in [-0.3, -0.25) is 9.59 Å². The van der Waals surface area contributed by atoms with Crippen LogP contribution in [0.25, 0.3) is 0 Å². The summed E-state index contributed by atoms with van der Waals surface area (Å²) in [6.07, 6.45) is 3.27. The van der Waals surface area contributed by atoms with Crippen molar-refractivity contribution in [2.45, 2.75) is 64.0 Å². The van der Waals surface area contributed by atoms with Crippen LogP contribution in [0.2, 0.25) is 0 Å². The molecule has 1 aliphatic carbocycles. The summed E-state index contributed by atoms with van der Waals surface area (Å²) < 4.78 is 5.44. The van der Waals surface area contributed by atoms with Crippen LogP contribution in [-0.4, -0.2) is 42.4 Å². The van der Waals surface area contributed by atoms with Crippen molar-refractivity contribution in [3.8, 4) is 0 Å². The van der Waals surface area contributed by atoms with Crippen LogP contribution in [-0.2, 0) is 14.3 Å². The highest BCUT2D eigenvalue weighted by molar-refractivity contribution is 6.17. The van der Waals surface area contributed by atoms with Crippen molar-refractivity contribution < 1.29 is 14.3 Å². The molecule has 0 aromatic heterocycles. The third-order valence-electron chi connectivity index (χ3n) is 6.06. The van der Waals surface area contributed by atoms with Crippen molar-refractivity contribution >= 4 is 11.7 Å². The van der Waals surface area contributed by atoms with E-state index in [1.165, 1.54) is 0 Å². The summed E-state index contributed by atoms with van der Waals surface area (Å²) in [5.41, 5.74) is 3.51. The van der Waals surface area contributed by atoms with E-state index in [0.717, 1.165) is 35.1 Å². The van der Waals surface area contributed by atoms with Gasteiger partial charge in [-0.25, -0.2) is 0 Å². The summed E-state index contributed by atoms with van der Waals surface area (Å²) in [7, 11) is 3.52. The normalized spacial score (nSPS) is 30.5. The molecule has 1 heterocycles. The maximum Gasteiger partial charge on any atom is 0.238 e. The molecule has 2 aliphatic rings. The number of hydrogen-bond donors (Lipinski definition) is 0. The van der Waals surface area contributed by atoms with E-state index in [1.54, 1.807) is 19.1 Å². The first-order chi connectivity index (χ1) is 11.3. The Bertz CT molecular complexity index is 663. The first kappa shape index (κ1) is 17.2. The summed E-state index contributed by atoms with van der Waals surface area (Å²) in [6.45, 7) is 6.05. The topological polar surface area (TPSA) is 46.6 Å². The number of ketones is 1. The first-order valence-corrected chi connectivity index (χ1v) is 8.74. The minimum Gasteiger partial charge on any atom is -0.381 e. The van der Waals surface area contributed by atoms with Crippen molar-refractivity contribution in [1.29, 1.82) is 0 Å². The van der Waals surface area contributed by atoms with E-state index >= 15 is 0 Å². The molecule has 2 fully saturated rings. The number of nitrogens with zero attached hydrogens (tertiary/aromatic N) is 1. The number of benzene rings is 1. The predicted octanol–water partition coefficient (Wildman–Crippen LogP) is 3.06. The molecule has 4 heteroatoms. The average Bonchev–Trinajstić information content (AvgIpc) is 2.71. The zero-order chi connectivity index (χ0) is 17.6. The first-order valence-electron chi connectivity index (χ1n) is 8.74. The van der Waals surface area contributed by atoms with Crippen LogP contribution in [0.3, 0.4) is 0 Å². The molecule has 4 nitrogen and oxygen atoms in total. The molecule has 1 aliphatic heterocycles. The molecule has 1 saturated heterocycles. The van der Waals surface area contributed by atoms with Crippen LogP contribution in [0.15, 0.2) is 12.1 Å². The van der Waals surface area contributed by atoms with E-state index in [4.69, 9.17) is 4.74 Å². The van der Waals surface area contributed by atoms with Crippen molar-refractivity contribution in [3.63, 3.8) is 0 Å². The maximum absolute atomic E-state index is 13.4. The van der Waals surface area contributed by atoms with Gasteiger partial charge < -0.3 is 9.64 Å². The molecule has 3 rings (SSSR count). The van der Waals surface area contributed by atoms with Gasteiger partial charge in [-0.1, -0.05) is 17.7 Å². The Morgan fingerprint density at radius 1 is 1.08 bits per heavy atom. The van der Waals surface area contributed by atoms with Crippen LogP contribution in [0.4, 0.5) is 0 Å². The van der Waals surface area contributed by atoms with Crippen molar-refractivity contribution in [2.24, 2.45) is 0 Å². The molecule has 1 unspecified atom stereocenters. The molecule has 0 radical (unpaired) electrons. The molecule has 1 aromatic rings. The number of methoxy groups -OCH3 is 1. The molecule has 1 spiro atoms. The SMILES string of the molecule is COC1CCC2(CC1)C(=O)C(c1c(C)cc(C)cc1C)C(=O)N2C. The number of aryl methyl sites for hydroxylation is 3. The van der Waals surface area contributed by atoms with Gasteiger partial charge in [0.15, 0.2) is 5.78 Å². The molecule has 0 N–H and O–H groups in total. The lowest BCUT2D eigenvalue weighted by Gasteiger charge is -2.40. The molecular weight excluding hydrogens is 302 g/mol. The smallest absolute Gasteiger partial charge is 0.238 e. The Labute approximate surface area is 144 Å². The van der Waals surface area contributed by atoms with Gasteiger partial charge in [-0.15, -0.1) is 0 Å². The van der Waals surface area contributed by atoms with Crippen LogP contribution in [0, 0.1) is 20.8 Å². The largest absolute Gasteiger partial charge is 0.381 e. The Kier molecular flexibility index (Phi) is 4.28. The molecular formula is C20H27NO3. The van der Waals surface area contributed by atoms with Gasteiger partial charge in [0.25, 0.3) is 0 Å². The zero-order valence-corrected chi connectivity index (χ0v) is 15.3. The molecule has 24 heavy (non-hydrogen) atoms. The van der Waals surface area contributed by atoms with E-state index in [-0.39, 0.29) is 17.8 Å². The van der Waals surface area contributed by atoms with Gasteiger partial charge in [0.2, 0.25) is 5.91 Å². The fourth-order valence-corrected chi connectivity index (χ4v) is 4.74. The predicted molar refractivity (Wildman–Crippen MR) is 93.2 cm³/mol. The maximum atomic E-state index is 13.4. The summed E-state index contributed by atoms with van der Waals surface area (Å²) >= 11 is 0. The summed E-state index contributed by atoms with van der Waals surface area (Å²) in [4.78, 5) is 28.1. The van der Waals surface area contributed by atoms with E-state index in [2.05, 4.69) is 12.1 Å². The van der Waals surface area contributed by atoms with Crippen LogP contribution in [0.1, 0.15) is 53.9 Å². The summed E-state index contributed by atoms with van der Waals surface area (Å²) in [6, 6.07) is 4.13. The number of likely N-dealkylation sites (N-methyl/N-ethyl adjacent to an activating group) is 1. The Hall–Kier alpha value is -1.68. The summed E-state index contributed by atoms with van der Waals surface area (Å²) in [5, 5.41) is 0. The van der Waals surface area contributed by atoms with E-state index < -0.39 is 11.5 Å². The van der Waals surface area contributed by atoms with Crippen LogP contribution >= 0.6 is 0 Å². The highest BCUT2D eigenvalue weighted by Gasteiger charge is 2.58. The third kappa shape index (κ3) is 2.39. The molecule has 1 saturated carbocycles. The minimum atomic E-state index is -0.644. The van der Waals surface area contributed by atoms with Crippen LogP contribution < -0.4 is 0 Å². The van der Waals surface area contributed by atoms with E-state index in [9.17, 15) is 9.59 Å². The number of hydrogen-bond acceptors (Lipinski definition) is 3. The zero-order valence-electron chi connectivity index (χ0n) is 15.3.